The van der Waals surface area contributed by atoms with Crippen LogP contribution in [0.25, 0.3) is 0 Å². The van der Waals surface area contributed by atoms with Gasteiger partial charge in [0.05, 0.1) is 6.61 Å². The van der Waals surface area contributed by atoms with Crippen molar-refractivity contribution >= 4 is 21.6 Å². The van der Waals surface area contributed by atoms with E-state index in [1.807, 2.05) is 6.92 Å². The van der Waals surface area contributed by atoms with Crippen LogP contribution in [-0.2, 0) is 4.74 Å². The first kappa shape index (κ1) is 14.5. The number of hydrogen-bond acceptors (Lipinski definition) is 3. The SMILES string of the molecule is CCN(CCOC)c1ccc([C@H](C)N)c(Br)c1. The zero-order valence-electron chi connectivity index (χ0n) is 10.7. The van der Waals surface area contributed by atoms with E-state index in [0.717, 1.165) is 29.7 Å². The lowest BCUT2D eigenvalue weighted by atomic mass is 10.1. The number of rotatable bonds is 6. The van der Waals surface area contributed by atoms with Gasteiger partial charge in [-0.1, -0.05) is 22.0 Å². The summed E-state index contributed by atoms with van der Waals surface area (Å²) >= 11 is 3.58. The fourth-order valence-corrected chi connectivity index (χ4v) is 2.48. The first-order valence-electron chi connectivity index (χ1n) is 5.89. The molecule has 1 rings (SSSR count). The Bertz CT molecular complexity index is 355. The van der Waals surface area contributed by atoms with E-state index < -0.39 is 0 Å². The fourth-order valence-electron chi connectivity index (χ4n) is 1.75. The number of benzene rings is 1. The van der Waals surface area contributed by atoms with Gasteiger partial charge < -0.3 is 15.4 Å². The summed E-state index contributed by atoms with van der Waals surface area (Å²) in [6.07, 6.45) is 0. The summed E-state index contributed by atoms with van der Waals surface area (Å²) in [7, 11) is 1.73. The van der Waals surface area contributed by atoms with Crippen molar-refractivity contribution in [3.63, 3.8) is 0 Å². The van der Waals surface area contributed by atoms with Crippen molar-refractivity contribution in [2.24, 2.45) is 5.73 Å². The second-order valence-electron chi connectivity index (χ2n) is 4.07. The van der Waals surface area contributed by atoms with Crippen LogP contribution < -0.4 is 10.6 Å². The van der Waals surface area contributed by atoms with Gasteiger partial charge in [0.25, 0.3) is 0 Å². The van der Waals surface area contributed by atoms with Crippen LogP contribution >= 0.6 is 15.9 Å². The van der Waals surface area contributed by atoms with E-state index in [9.17, 15) is 0 Å². The van der Waals surface area contributed by atoms with Gasteiger partial charge in [-0.25, -0.2) is 0 Å². The lowest BCUT2D eigenvalue weighted by Gasteiger charge is -2.23. The van der Waals surface area contributed by atoms with Crippen LogP contribution in [0.15, 0.2) is 22.7 Å². The number of nitrogens with zero attached hydrogens (tertiary/aromatic N) is 1. The van der Waals surface area contributed by atoms with Gasteiger partial charge >= 0.3 is 0 Å². The van der Waals surface area contributed by atoms with E-state index in [0.29, 0.717) is 0 Å². The summed E-state index contributed by atoms with van der Waals surface area (Å²) in [4.78, 5) is 2.28. The first-order chi connectivity index (χ1) is 8.10. The lowest BCUT2D eigenvalue weighted by Crippen LogP contribution is -2.26. The molecule has 0 fully saturated rings. The molecule has 0 aliphatic heterocycles. The Balaban J connectivity index is 2.86. The number of ether oxygens (including phenoxy) is 1. The Morgan fingerprint density at radius 1 is 1.47 bits per heavy atom. The van der Waals surface area contributed by atoms with E-state index in [1.54, 1.807) is 7.11 Å². The smallest absolute Gasteiger partial charge is 0.0637 e. The molecule has 0 radical (unpaired) electrons. The third-order valence-corrected chi connectivity index (χ3v) is 3.47. The molecule has 0 unspecified atom stereocenters. The summed E-state index contributed by atoms with van der Waals surface area (Å²) in [5.74, 6) is 0. The predicted octanol–water partition coefficient (Wildman–Crippen LogP) is 2.94. The number of hydrogen-bond donors (Lipinski definition) is 1. The minimum absolute atomic E-state index is 0.0486. The average Bonchev–Trinajstić information content (AvgIpc) is 2.29. The zero-order chi connectivity index (χ0) is 12.8. The number of methoxy groups -OCH3 is 1. The maximum atomic E-state index is 5.89. The van der Waals surface area contributed by atoms with Gasteiger partial charge in [0.2, 0.25) is 0 Å². The van der Waals surface area contributed by atoms with Gasteiger partial charge in [-0.05, 0) is 31.5 Å². The molecule has 0 heterocycles. The van der Waals surface area contributed by atoms with Gasteiger partial charge in [0.1, 0.15) is 0 Å². The van der Waals surface area contributed by atoms with Gasteiger partial charge in [0.15, 0.2) is 0 Å². The Morgan fingerprint density at radius 2 is 2.18 bits per heavy atom. The maximum Gasteiger partial charge on any atom is 0.0637 e. The Hall–Kier alpha value is -0.580. The van der Waals surface area contributed by atoms with E-state index >= 15 is 0 Å². The molecule has 0 saturated heterocycles. The molecule has 0 saturated carbocycles. The largest absolute Gasteiger partial charge is 0.383 e. The first-order valence-corrected chi connectivity index (χ1v) is 6.68. The van der Waals surface area contributed by atoms with Crippen LogP contribution in [0, 0.1) is 0 Å². The minimum Gasteiger partial charge on any atom is -0.383 e. The molecular formula is C13H21BrN2O. The Morgan fingerprint density at radius 3 is 2.65 bits per heavy atom. The summed E-state index contributed by atoms with van der Waals surface area (Å²) in [5, 5.41) is 0. The number of halogens is 1. The highest BCUT2D eigenvalue weighted by atomic mass is 79.9. The van der Waals surface area contributed by atoms with Crippen LogP contribution in [0.1, 0.15) is 25.5 Å². The fraction of sp³-hybridized carbons (Fsp3) is 0.538. The van der Waals surface area contributed by atoms with Gasteiger partial charge in [-0.2, -0.15) is 0 Å². The van der Waals surface area contributed by atoms with Crippen LogP contribution in [0.5, 0.6) is 0 Å². The molecule has 0 aliphatic carbocycles. The molecule has 0 aromatic heterocycles. The van der Waals surface area contributed by atoms with Crippen molar-refractivity contribution in [1.29, 1.82) is 0 Å². The molecule has 96 valence electrons. The second-order valence-corrected chi connectivity index (χ2v) is 4.92. The van der Waals surface area contributed by atoms with Crippen molar-refractivity contribution in [2.45, 2.75) is 19.9 Å². The molecule has 1 aromatic carbocycles. The van der Waals surface area contributed by atoms with E-state index in [4.69, 9.17) is 10.5 Å². The summed E-state index contributed by atoms with van der Waals surface area (Å²) in [6, 6.07) is 6.37. The molecule has 17 heavy (non-hydrogen) atoms. The van der Waals surface area contributed by atoms with Crippen LogP contribution in [0.3, 0.4) is 0 Å². The van der Waals surface area contributed by atoms with E-state index in [-0.39, 0.29) is 6.04 Å². The molecule has 1 atom stereocenters. The van der Waals surface area contributed by atoms with Crippen molar-refractivity contribution in [3.05, 3.63) is 28.2 Å². The second kappa shape index (κ2) is 6.99. The molecule has 4 heteroatoms. The van der Waals surface area contributed by atoms with E-state index in [2.05, 4.69) is 46.0 Å². The highest BCUT2D eigenvalue weighted by molar-refractivity contribution is 9.10. The quantitative estimate of drug-likeness (QED) is 0.878. The van der Waals surface area contributed by atoms with Crippen molar-refractivity contribution in [2.75, 3.05) is 31.7 Å². The number of likely N-dealkylation sites (N-methyl/N-ethyl adjacent to an activating group) is 1. The van der Waals surface area contributed by atoms with Crippen LogP contribution in [0.2, 0.25) is 0 Å². The van der Waals surface area contributed by atoms with Gasteiger partial charge in [-0.3, -0.25) is 0 Å². The predicted molar refractivity (Wildman–Crippen MR) is 76.5 cm³/mol. The lowest BCUT2D eigenvalue weighted by molar-refractivity contribution is 0.205. The molecule has 0 bridgehead atoms. The van der Waals surface area contributed by atoms with Crippen LogP contribution in [-0.4, -0.2) is 26.8 Å². The minimum atomic E-state index is 0.0486. The topological polar surface area (TPSA) is 38.5 Å². The molecule has 1 aromatic rings. The molecule has 3 nitrogen and oxygen atoms in total. The maximum absolute atomic E-state index is 5.89. The summed E-state index contributed by atoms with van der Waals surface area (Å²) in [6.45, 7) is 6.73. The van der Waals surface area contributed by atoms with Crippen LogP contribution in [0.4, 0.5) is 5.69 Å². The van der Waals surface area contributed by atoms with Gasteiger partial charge in [-0.15, -0.1) is 0 Å². The normalized spacial score (nSPS) is 12.5. The molecular weight excluding hydrogens is 280 g/mol. The molecule has 0 spiro atoms. The highest BCUT2D eigenvalue weighted by Crippen LogP contribution is 2.27. The Labute approximate surface area is 112 Å². The molecule has 2 N–H and O–H groups in total. The average molecular weight is 301 g/mol. The van der Waals surface area contributed by atoms with Crippen molar-refractivity contribution in [3.8, 4) is 0 Å². The standard InChI is InChI=1S/C13H21BrN2O/c1-4-16(7-8-17-3)11-5-6-12(10(2)15)13(14)9-11/h5-6,9-10H,4,7-8,15H2,1-3H3/t10-/m0/s1. The third-order valence-electron chi connectivity index (χ3n) is 2.79. The molecule has 0 aliphatic rings. The van der Waals surface area contributed by atoms with E-state index in [1.165, 1.54) is 5.69 Å². The zero-order valence-corrected chi connectivity index (χ0v) is 12.3. The molecule has 0 amide bonds. The number of nitrogens with two attached hydrogens (primary N) is 1. The third kappa shape index (κ3) is 3.98. The summed E-state index contributed by atoms with van der Waals surface area (Å²) < 4.78 is 6.18. The highest BCUT2D eigenvalue weighted by Gasteiger charge is 2.09. The van der Waals surface area contributed by atoms with Crippen molar-refractivity contribution < 1.29 is 4.74 Å². The van der Waals surface area contributed by atoms with Gasteiger partial charge in [0, 0.05) is 36.4 Å². The Kier molecular flexibility index (Phi) is 5.95. The van der Waals surface area contributed by atoms with Crippen molar-refractivity contribution in [1.82, 2.24) is 0 Å². The number of anilines is 1. The monoisotopic (exact) mass is 300 g/mol. The summed E-state index contributed by atoms with van der Waals surface area (Å²) in [5.41, 5.74) is 8.22.